The maximum absolute atomic E-state index is 3.90. The van der Waals surface area contributed by atoms with Crippen molar-refractivity contribution in [3.05, 3.63) is 0 Å². The predicted molar refractivity (Wildman–Crippen MR) is 88.1 cm³/mol. The molecule has 118 valence electrons. The summed E-state index contributed by atoms with van der Waals surface area (Å²) in [6, 6.07) is 1.54. The number of piperazine rings is 1. The van der Waals surface area contributed by atoms with Gasteiger partial charge in [0, 0.05) is 30.7 Å². The topological polar surface area (TPSA) is 15.3 Å². The van der Waals surface area contributed by atoms with Gasteiger partial charge in [-0.1, -0.05) is 47.5 Å². The van der Waals surface area contributed by atoms with E-state index in [2.05, 4.69) is 44.8 Å². The highest BCUT2D eigenvalue weighted by molar-refractivity contribution is 5.00. The first-order chi connectivity index (χ1) is 9.55. The average Bonchev–Trinajstić information content (AvgIpc) is 3.28. The molecule has 20 heavy (non-hydrogen) atoms. The van der Waals surface area contributed by atoms with Crippen molar-refractivity contribution in [2.24, 2.45) is 11.8 Å². The van der Waals surface area contributed by atoms with Crippen LogP contribution in [0.1, 0.15) is 73.1 Å². The molecule has 0 amide bonds. The molecule has 2 unspecified atom stereocenters. The second kappa shape index (κ2) is 6.79. The summed E-state index contributed by atoms with van der Waals surface area (Å²) < 4.78 is 0. The largest absolute Gasteiger partial charge is 0.308 e. The highest BCUT2D eigenvalue weighted by Gasteiger charge is 2.41. The Balaban J connectivity index is 2.11. The van der Waals surface area contributed by atoms with Gasteiger partial charge in [-0.15, -0.1) is 0 Å². The molecule has 1 aliphatic carbocycles. The third-order valence-corrected chi connectivity index (χ3v) is 5.96. The van der Waals surface area contributed by atoms with Crippen LogP contribution in [0, 0.1) is 11.8 Å². The van der Waals surface area contributed by atoms with Crippen LogP contribution in [0.5, 0.6) is 0 Å². The third-order valence-electron chi connectivity index (χ3n) is 5.96. The highest BCUT2D eigenvalue weighted by Crippen LogP contribution is 2.37. The zero-order valence-corrected chi connectivity index (χ0v) is 14.4. The molecule has 2 rings (SSSR count). The number of nitrogens with one attached hydrogen (secondary N) is 1. The molecule has 1 saturated carbocycles. The summed E-state index contributed by atoms with van der Waals surface area (Å²) in [6.07, 6.45) is 8.26. The van der Waals surface area contributed by atoms with E-state index in [1.165, 1.54) is 51.6 Å². The molecule has 0 aromatic heterocycles. The lowest BCUT2D eigenvalue weighted by Gasteiger charge is -2.52. The molecule has 2 atom stereocenters. The Morgan fingerprint density at radius 1 is 1.15 bits per heavy atom. The van der Waals surface area contributed by atoms with Gasteiger partial charge in [0.05, 0.1) is 0 Å². The number of hydrogen-bond acceptors (Lipinski definition) is 2. The second-order valence-electron chi connectivity index (χ2n) is 7.59. The zero-order valence-electron chi connectivity index (χ0n) is 14.4. The second-order valence-corrected chi connectivity index (χ2v) is 7.59. The van der Waals surface area contributed by atoms with Crippen molar-refractivity contribution in [2.75, 3.05) is 13.1 Å². The fraction of sp³-hybridized carbons (Fsp3) is 1.00. The fourth-order valence-electron chi connectivity index (χ4n) is 3.98. The molecule has 2 nitrogen and oxygen atoms in total. The summed E-state index contributed by atoms with van der Waals surface area (Å²) in [5, 5.41) is 3.90. The molecular weight excluding hydrogens is 244 g/mol. The summed E-state index contributed by atoms with van der Waals surface area (Å²) in [5.74, 6) is 1.79. The molecule has 2 heteroatoms. The van der Waals surface area contributed by atoms with Gasteiger partial charge in [-0.05, 0) is 37.5 Å². The monoisotopic (exact) mass is 280 g/mol. The summed E-state index contributed by atoms with van der Waals surface area (Å²) in [6.45, 7) is 14.3. The van der Waals surface area contributed by atoms with Crippen molar-refractivity contribution in [2.45, 2.75) is 90.8 Å². The quantitative estimate of drug-likeness (QED) is 0.757. The van der Waals surface area contributed by atoms with E-state index in [1.807, 2.05) is 0 Å². The average molecular weight is 280 g/mol. The van der Waals surface area contributed by atoms with Crippen molar-refractivity contribution in [1.82, 2.24) is 10.2 Å². The van der Waals surface area contributed by atoms with Crippen LogP contribution < -0.4 is 5.32 Å². The maximum atomic E-state index is 3.90. The molecule has 0 spiro atoms. The Labute approximate surface area is 126 Å². The molecule has 1 heterocycles. The molecule has 1 N–H and O–H groups in total. The van der Waals surface area contributed by atoms with Gasteiger partial charge in [0.15, 0.2) is 0 Å². The number of nitrogens with zero attached hydrogens (tertiary/aromatic N) is 1. The maximum Gasteiger partial charge on any atom is 0.0304 e. The van der Waals surface area contributed by atoms with Crippen LogP contribution in [0.2, 0.25) is 0 Å². The summed E-state index contributed by atoms with van der Waals surface area (Å²) in [4.78, 5) is 2.90. The van der Waals surface area contributed by atoms with Crippen molar-refractivity contribution in [3.63, 3.8) is 0 Å². The van der Waals surface area contributed by atoms with Crippen LogP contribution in [-0.4, -0.2) is 35.6 Å². The Bertz CT molecular complexity index is 292. The van der Waals surface area contributed by atoms with Gasteiger partial charge in [-0.25, -0.2) is 0 Å². The van der Waals surface area contributed by atoms with E-state index in [-0.39, 0.29) is 0 Å². The van der Waals surface area contributed by atoms with Crippen LogP contribution in [0.3, 0.4) is 0 Å². The normalized spacial score (nSPS) is 28.8. The first-order valence-electron chi connectivity index (χ1n) is 9.06. The lowest BCUT2D eigenvalue weighted by molar-refractivity contribution is 0.0108. The van der Waals surface area contributed by atoms with E-state index < -0.39 is 0 Å². The van der Waals surface area contributed by atoms with Gasteiger partial charge < -0.3 is 5.32 Å². The molecule has 1 saturated heterocycles. The lowest BCUT2D eigenvalue weighted by Crippen LogP contribution is -2.66. The number of rotatable bonds is 7. The van der Waals surface area contributed by atoms with Gasteiger partial charge in [0.2, 0.25) is 0 Å². The van der Waals surface area contributed by atoms with Crippen molar-refractivity contribution in [3.8, 4) is 0 Å². The van der Waals surface area contributed by atoms with Crippen molar-refractivity contribution < 1.29 is 0 Å². The van der Waals surface area contributed by atoms with Crippen LogP contribution in [0.25, 0.3) is 0 Å². The molecular formula is C18H36N2. The molecule has 2 fully saturated rings. The lowest BCUT2D eigenvalue weighted by atomic mass is 9.84. The highest BCUT2D eigenvalue weighted by atomic mass is 15.3. The van der Waals surface area contributed by atoms with Crippen LogP contribution in [-0.2, 0) is 0 Å². The van der Waals surface area contributed by atoms with E-state index in [0.717, 1.165) is 23.9 Å². The number of hydrogen-bond donors (Lipinski definition) is 1. The van der Waals surface area contributed by atoms with Gasteiger partial charge in [0.1, 0.15) is 0 Å². The Morgan fingerprint density at radius 2 is 1.80 bits per heavy atom. The van der Waals surface area contributed by atoms with Crippen LogP contribution in [0.4, 0.5) is 0 Å². The van der Waals surface area contributed by atoms with E-state index in [0.29, 0.717) is 5.54 Å². The molecule has 1 aliphatic heterocycles. The minimum atomic E-state index is 0.363. The molecule has 0 aromatic carbocycles. The molecule has 0 bridgehead atoms. The Morgan fingerprint density at radius 3 is 2.25 bits per heavy atom. The van der Waals surface area contributed by atoms with Crippen LogP contribution >= 0.6 is 0 Å². The van der Waals surface area contributed by atoms with Crippen molar-refractivity contribution in [1.29, 1.82) is 0 Å². The van der Waals surface area contributed by atoms with E-state index in [1.54, 1.807) is 0 Å². The fourth-order valence-corrected chi connectivity index (χ4v) is 3.98. The van der Waals surface area contributed by atoms with Gasteiger partial charge in [-0.2, -0.15) is 0 Å². The van der Waals surface area contributed by atoms with E-state index in [4.69, 9.17) is 0 Å². The third kappa shape index (κ3) is 3.57. The van der Waals surface area contributed by atoms with Crippen molar-refractivity contribution >= 4 is 0 Å². The van der Waals surface area contributed by atoms with E-state index >= 15 is 0 Å². The van der Waals surface area contributed by atoms with Crippen LogP contribution in [0.15, 0.2) is 0 Å². The Kier molecular flexibility index (Phi) is 5.53. The molecule has 0 radical (unpaired) electrons. The predicted octanol–water partition coefficient (Wildman–Crippen LogP) is 4.05. The smallest absolute Gasteiger partial charge is 0.0304 e. The first-order valence-corrected chi connectivity index (χ1v) is 9.06. The van der Waals surface area contributed by atoms with E-state index in [9.17, 15) is 0 Å². The molecule has 2 aliphatic rings. The SMILES string of the molecule is CCC(CC1CC1)N1CC(CC)(CC)NCC1C(C)C. The minimum absolute atomic E-state index is 0.363. The van der Waals surface area contributed by atoms with Gasteiger partial charge >= 0.3 is 0 Å². The van der Waals surface area contributed by atoms with Gasteiger partial charge in [0.25, 0.3) is 0 Å². The summed E-state index contributed by atoms with van der Waals surface area (Å²) in [7, 11) is 0. The van der Waals surface area contributed by atoms with Gasteiger partial charge in [-0.3, -0.25) is 4.90 Å². The standard InChI is InChI=1S/C18H36N2/c1-6-16(11-15-9-10-15)20-13-18(7-2,8-3)19-12-17(20)14(4)5/h14-17,19H,6-13H2,1-5H3. The summed E-state index contributed by atoms with van der Waals surface area (Å²) >= 11 is 0. The molecule has 0 aromatic rings. The first kappa shape index (κ1) is 16.3. The zero-order chi connectivity index (χ0) is 14.8. The summed E-state index contributed by atoms with van der Waals surface area (Å²) in [5.41, 5.74) is 0.363. The minimum Gasteiger partial charge on any atom is -0.308 e. The Hall–Kier alpha value is -0.0800.